The second-order valence-corrected chi connectivity index (χ2v) is 8.65. The highest BCUT2D eigenvalue weighted by molar-refractivity contribution is 7.98. The van der Waals surface area contributed by atoms with Crippen molar-refractivity contribution in [3.8, 4) is 11.3 Å². The van der Waals surface area contributed by atoms with Crippen molar-refractivity contribution in [2.24, 2.45) is 5.92 Å². The minimum atomic E-state index is -0.735. The van der Waals surface area contributed by atoms with Crippen LogP contribution >= 0.6 is 23.4 Å². The van der Waals surface area contributed by atoms with Crippen LogP contribution < -0.4 is 4.90 Å². The lowest BCUT2D eigenvalue weighted by Crippen LogP contribution is -2.40. The van der Waals surface area contributed by atoms with Crippen LogP contribution in [0.2, 0.25) is 5.02 Å². The third-order valence-electron chi connectivity index (χ3n) is 5.49. The van der Waals surface area contributed by atoms with Gasteiger partial charge in [-0.05, 0) is 45.1 Å². The summed E-state index contributed by atoms with van der Waals surface area (Å²) in [6, 6.07) is 7.63. The molecule has 1 unspecified atom stereocenters. The Hall–Kier alpha value is -2.25. The fraction of sp³-hybridized carbons (Fsp3) is 0.381. The molecule has 2 aromatic heterocycles. The maximum atomic E-state index is 11.6. The van der Waals surface area contributed by atoms with Crippen LogP contribution in [0.3, 0.4) is 0 Å². The number of piperidine rings is 1. The van der Waals surface area contributed by atoms with Crippen LogP contribution in [0.4, 0.5) is 5.82 Å². The van der Waals surface area contributed by atoms with E-state index in [1.807, 2.05) is 48.9 Å². The molecule has 0 aliphatic carbocycles. The number of nitrogens with zero attached hydrogens (tertiary/aromatic N) is 4. The van der Waals surface area contributed by atoms with Gasteiger partial charge in [-0.2, -0.15) is 9.61 Å². The van der Waals surface area contributed by atoms with E-state index < -0.39 is 5.97 Å². The predicted molar refractivity (Wildman–Crippen MR) is 117 cm³/mol. The molecule has 0 spiro atoms. The summed E-state index contributed by atoms with van der Waals surface area (Å²) in [5, 5.41) is 15.1. The Morgan fingerprint density at radius 1 is 1.28 bits per heavy atom. The number of aryl methyl sites for hydroxylation is 2. The molecule has 0 bridgehead atoms. The monoisotopic (exact) mass is 430 g/mol. The summed E-state index contributed by atoms with van der Waals surface area (Å²) in [5.41, 5.74) is 4.57. The van der Waals surface area contributed by atoms with E-state index in [0.29, 0.717) is 18.0 Å². The topological polar surface area (TPSA) is 70.7 Å². The van der Waals surface area contributed by atoms with E-state index in [-0.39, 0.29) is 5.92 Å². The van der Waals surface area contributed by atoms with Crippen LogP contribution in [0.15, 0.2) is 29.2 Å². The first-order valence-corrected chi connectivity index (χ1v) is 11.2. The highest BCUT2D eigenvalue weighted by Crippen LogP contribution is 2.37. The van der Waals surface area contributed by atoms with Gasteiger partial charge in [0.1, 0.15) is 5.82 Å². The number of benzene rings is 1. The Bertz CT molecular complexity index is 1080. The standard InChI is InChI=1S/C21H23ClN4O2S/c1-12-17(14-6-8-16(22)9-7-14)24-26-19(12)23-13(2)18(29-3)20(26)25-10-4-5-15(11-25)21(27)28/h6-9,15H,4-5,10-11H2,1-3H3,(H,27,28). The Morgan fingerprint density at radius 3 is 2.66 bits per heavy atom. The van der Waals surface area contributed by atoms with E-state index in [4.69, 9.17) is 21.7 Å². The van der Waals surface area contributed by atoms with Crippen molar-refractivity contribution in [3.05, 3.63) is 40.5 Å². The third-order valence-corrected chi connectivity index (χ3v) is 6.63. The molecule has 1 saturated heterocycles. The summed E-state index contributed by atoms with van der Waals surface area (Å²) in [5.74, 6) is -0.162. The van der Waals surface area contributed by atoms with Gasteiger partial charge >= 0.3 is 5.97 Å². The van der Waals surface area contributed by atoms with Crippen LogP contribution in [0.1, 0.15) is 24.1 Å². The van der Waals surface area contributed by atoms with Gasteiger partial charge in [0.05, 0.1) is 22.2 Å². The Kier molecular flexibility index (Phi) is 5.44. The normalized spacial score (nSPS) is 17.1. The lowest BCUT2D eigenvalue weighted by molar-refractivity contribution is -0.141. The fourth-order valence-corrected chi connectivity index (χ4v) is 4.87. The number of anilines is 1. The number of rotatable bonds is 4. The minimum Gasteiger partial charge on any atom is -0.481 e. The summed E-state index contributed by atoms with van der Waals surface area (Å²) >= 11 is 7.67. The Labute approximate surface area is 178 Å². The van der Waals surface area contributed by atoms with Crippen molar-refractivity contribution in [3.63, 3.8) is 0 Å². The molecular weight excluding hydrogens is 408 g/mol. The summed E-state index contributed by atoms with van der Waals surface area (Å²) < 4.78 is 1.89. The largest absolute Gasteiger partial charge is 0.481 e. The van der Waals surface area contributed by atoms with Gasteiger partial charge in [0.25, 0.3) is 0 Å². The number of thioether (sulfide) groups is 1. The number of carboxylic acid groups (broad SMARTS) is 1. The summed E-state index contributed by atoms with van der Waals surface area (Å²) in [6.45, 7) is 5.32. The average molecular weight is 431 g/mol. The third kappa shape index (κ3) is 3.57. The highest BCUT2D eigenvalue weighted by Gasteiger charge is 2.30. The van der Waals surface area contributed by atoms with Crippen LogP contribution in [-0.2, 0) is 4.79 Å². The van der Waals surface area contributed by atoms with E-state index in [1.165, 1.54) is 0 Å². The maximum Gasteiger partial charge on any atom is 0.308 e. The average Bonchev–Trinajstić information content (AvgIpc) is 3.03. The predicted octanol–water partition coefficient (Wildman–Crippen LogP) is 4.69. The molecule has 1 aromatic carbocycles. The molecule has 1 atom stereocenters. The highest BCUT2D eigenvalue weighted by atomic mass is 35.5. The molecule has 152 valence electrons. The molecule has 1 aliphatic rings. The van der Waals surface area contributed by atoms with Gasteiger partial charge in [0.2, 0.25) is 0 Å². The lowest BCUT2D eigenvalue weighted by Gasteiger charge is -2.33. The maximum absolute atomic E-state index is 11.6. The molecule has 4 rings (SSSR count). The molecule has 0 radical (unpaired) electrons. The molecule has 1 aliphatic heterocycles. The number of aromatic nitrogens is 3. The van der Waals surface area contributed by atoms with Crippen molar-refractivity contribution in [2.45, 2.75) is 31.6 Å². The van der Waals surface area contributed by atoms with Crippen molar-refractivity contribution >= 4 is 40.8 Å². The van der Waals surface area contributed by atoms with Gasteiger partial charge in [-0.3, -0.25) is 4.79 Å². The van der Waals surface area contributed by atoms with E-state index in [0.717, 1.165) is 51.8 Å². The van der Waals surface area contributed by atoms with Gasteiger partial charge in [0, 0.05) is 29.2 Å². The van der Waals surface area contributed by atoms with Crippen molar-refractivity contribution in [2.75, 3.05) is 24.2 Å². The van der Waals surface area contributed by atoms with E-state index >= 15 is 0 Å². The second-order valence-electron chi connectivity index (χ2n) is 7.39. The van der Waals surface area contributed by atoms with Gasteiger partial charge in [0.15, 0.2) is 5.65 Å². The molecule has 29 heavy (non-hydrogen) atoms. The molecule has 3 heterocycles. The lowest BCUT2D eigenvalue weighted by atomic mass is 9.98. The first-order valence-electron chi connectivity index (χ1n) is 9.58. The smallest absolute Gasteiger partial charge is 0.308 e. The molecule has 0 amide bonds. The van der Waals surface area contributed by atoms with Crippen LogP contribution in [-0.4, -0.2) is 45.0 Å². The second kappa shape index (κ2) is 7.88. The zero-order valence-electron chi connectivity index (χ0n) is 16.6. The van der Waals surface area contributed by atoms with Gasteiger partial charge < -0.3 is 10.0 Å². The van der Waals surface area contributed by atoms with Crippen LogP contribution in [0.25, 0.3) is 16.9 Å². The zero-order chi connectivity index (χ0) is 20.7. The molecule has 0 saturated carbocycles. The van der Waals surface area contributed by atoms with Crippen LogP contribution in [0.5, 0.6) is 0 Å². The zero-order valence-corrected chi connectivity index (χ0v) is 18.2. The van der Waals surface area contributed by atoms with Gasteiger partial charge in [-0.25, -0.2) is 4.98 Å². The quantitative estimate of drug-likeness (QED) is 0.605. The van der Waals surface area contributed by atoms with Gasteiger partial charge in [-0.15, -0.1) is 11.8 Å². The number of halogens is 1. The van der Waals surface area contributed by atoms with E-state index in [1.54, 1.807) is 11.8 Å². The number of hydrogen-bond acceptors (Lipinski definition) is 5. The molecule has 6 nitrogen and oxygen atoms in total. The van der Waals surface area contributed by atoms with Gasteiger partial charge in [-0.1, -0.05) is 23.7 Å². The molecule has 1 N–H and O–H groups in total. The number of carbonyl (C=O) groups is 1. The van der Waals surface area contributed by atoms with Crippen LogP contribution in [0, 0.1) is 19.8 Å². The summed E-state index contributed by atoms with van der Waals surface area (Å²) in [4.78, 5) is 19.6. The van der Waals surface area contributed by atoms with E-state index in [9.17, 15) is 9.90 Å². The molecule has 1 fully saturated rings. The first-order chi connectivity index (χ1) is 13.9. The van der Waals surface area contributed by atoms with Crippen molar-refractivity contribution < 1.29 is 9.90 Å². The number of carboxylic acids is 1. The fourth-order valence-electron chi connectivity index (χ4n) is 4.00. The SMILES string of the molecule is CSc1c(C)nc2c(C)c(-c3ccc(Cl)cc3)nn2c1N1CCCC(C(=O)O)C1. The van der Waals surface area contributed by atoms with E-state index in [2.05, 4.69) is 4.90 Å². The molecule has 3 aromatic rings. The Morgan fingerprint density at radius 2 is 2.00 bits per heavy atom. The first kappa shape index (κ1) is 20.0. The number of fused-ring (bicyclic) bond motifs is 1. The minimum absolute atomic E-state index is 0.366. The number of aliphatic carboxylic acids is 1. The summed E-state index contributed by atoms with van der Waals surface area (Å²) in [6.07, 6.45) is 3.58. The van der Waals surface area contributed by atoms with Crippen molar-refractivity contribution in [1.82, 2.24) is 14.6 Å². The molecular formula is C21H23ClN4O2S. The Balaban J connectivity index is 1.91. The number of hydrogen-bond donors (Lipinski definition) is 1. The molecule has 8 heteroatoms. The van der Waals surface area contributed by atoms with Crippen molar-refractivity contribution in [1.29, 1.82) is 0 Å². The summed E-state index contributed by atoms with van der Waals surface area (Å²) in [7, 11) is 0.